The number of carbonyl (C=O) groups is 1. The highest BCUT2D eigenvalue weighted by atomic mass is 19.1. The van der Waals surface area contributed by atoms with Crippen LogP contribution in [-0.4, -0.2) is 18.0 Å². The molecule has 0 heterocycles. The molecule has 0 spiro atoms. The van der Waals surface area contributed by atoms with Gasteiger partial charge in [0.25, 0.3) is 0 Å². The first-order valence-electron chi connectivity index (χ1n) is 6.55. The number of rotatable bonds is 3. The maximum atomic E-state index is 13.4. The minimum Gasteiger partial charge on any atom is -0.352 e. The molecular formula is C14H18F2N2O. The Labute approximate surface area is 111 Å². The summed E-state index contributed by atoms with van der Waals surface area (Å²) < 4.78 is 26.2. The van der Waals surface area contributed by atoms with Gasteiger partial charge in [0.1, 0.15) is 11.6 Å². The van der Waals surface area contributed by atoms with Crippen molar-refractivity contribution in [3.8, 4) is 0 Å². The third kappa shape index (κ3) is 3.73. The molecular weight excluding hydrogens is 250 g/mol. The van der Waals surface area contributed by atoms with Crippen molar-refractivity contribution in [3.63, 3.8) is 0 Å². The van der Waals surface area contributed by atoms with E-state index in [-0.39, 0.29) is 30.0 Å². The molecule has 0 bridgehead atoms. The van der Waals surface area contributed by atoms with Crippen LogP contribution in [0.5, 0.6) is 0 Å². The molecule has 1 amide bonds. The number of benzene rings is 1. The lowest BCUT2D eigenvalue weighted by atomic mass is 9.91. The molecule has 2 rings (SSSR count). The highest BCUT2D eigenvalue weighted by Gasteiger charge is 2.23. The summed E-state index contributed by atoms with van der Waals surface area (Å²) in [7, 11) is 0. The van der Waals surface area contributed by atoms with E-state index in [1.807, 2.05) is 0 Å². The molecule has 1 aromatic rings. The van der Waals surface area contributed by atoms with E-state index in [1.165, 1.54) is 6.07 Å². The number of nitrogens with two attached hydrogens (primary N) is 1. The number of carbonyl (C=O) groups excluding carboxylic acids is 1. The zero-order valence-electron chi connectivity index (χ0n) is 10.7. The Balaban J connectivity index is 1.93. The smallest absolute Gasteiger partial charge is 0.224 e. The fraction of sp³-hybridized carbons (Fsp3) is 0.500. The monoisotopic (exact) mass is 268 g/mol. The van der Waals surface area contributed by atoms with E-state index >= 15 is 0 Å². The fourth-order valence-electron chi connectivity index (χ4n) is 2.43. The average Bonchev–Trinajstić information content (AvgIpc) is 2.36. The topological polar surface area (TPSA) is 55.1 Å². The molecule has 2 atom stereocenters. The SMILES string of the molecule is N[C@@H]1CCCC[C@H]1NC(=O)Cc1ccc(F)cc1F. The van der Waals surface area contributed by atoms with Crippen LogP contribution in [0.15, 0.2) is 18.2 Å². The number of nitrogens with one attached hydrogen (secondary N) is 1. The van der Waals surface area contributed by atoms with Crippen molar-refractivity contribution in [1.29, 1.82) is 0 Å². The Morgan fingerprint density at radius 3 is 2.74 bits per heavy atom. The van der Waals surface area contributed by atoms with E-state index in [9.17, 15) is 13.6 Å². The predicted molar refractivity (Wildman–Crippen MR) is 68.4 cm³/mol. The van der Waals surface area contributed by atoms with Crippen molar-refractivity contribution in [2.24, 2.45) is 5.73 Å². The Morgan fingerprint density at radius 2 is 2.05 bits per heavy atom. The van der Waals surface area contributed by atoms with Crippen LogP contribution in [0.4, 0.5) is 8.78 Å². The van der Waals surface area contributed by atoms with Gasteiger partial charge in [-0.25, -0.2) is 8.78 Å². The van der Waals surface area contributed by atoms with Crippen LogP contribution >= 0.6 is 0 Å². The molecule has 104 valence electrons. The summed E-state index contributed by atoms with van der Waals surface area (Å²) in [5.74, 6) is -1.60. The first-order chi connectivity index (χ1) is 9.06. The van der Waals surface area contributed by atoms with Gasteiger partial charge in [0.15, 0.2) is 0 Å². The van der Waals surface area contributed by atoms with E-state index < -0.39 is 11.6 Å². The molecule has 3 nitrogen and oxygen atoms in total. The third-order valence-corrected chi connectivity index (χ3v) is 3.53. The van der Waals surface area contributed by atoms with Crippen LogP contribution in [-0.2, 0) is 11.2 Å². The molecule has 19 heavy (non-hydrogen) atoms. The molecule has 0 aliphatic heterocycles. The number of halogens is 2. The molecule has 0 unspecified atom stereocenters. The second-order valence-corrected chi connectivity index (χ2v) is 5.03. The van der Waals surface area contributed by atoms with Gasteiger partial charge in [-0.1, -0.05) is 18.9 Å². The standard InChI is InChI=1S/C14H18F2N2O/c15-10-6-5-9(11(16)8-10)7-14(19)18-13-4-2-1-3-12(13)17/h5-6,8,12-13H,1-4,7,17H2,(H,18,19)/t12-,13-/m1/s1. The second-order valence-electron chi connectivity index (χ2n) is 5.03. The summed E-state index contributed by atoms with van der Waals surface area (Å²) in [6.07, 6.45) is 3.80. The summed E-state index contributed by atoms with van der Waals surface area (Å²) in [4.78, 5) is 11.8. The molecule has 5 heteroatoms. The van der Waals surface area contributed by atoms with Crippen molar-refractivity contribution in [2.45, 2.75) is 44.2 Å². The molecule has 1 aliphatic rings. The van der Waals surface area contributed by atoms with Crippen LogP contribution in [0.25, 0.3) is 0 Å². The summed E-state index contributed by atoms with van der Waals surface area (Å²) in [6, 6.07) is 3.17. The van der Waals surface area contributed by atoms with Gasteiger partial charge >= 0.3 is 0 Å². The van der Waals surface area contributed by atoms with Gasteiger partial charge in [-0.2, -0.15) is 0 Å². The Morgan fingerprint density at radius 1 is 1.32 bits per heavy atom. The van der Waals surface area contributed by atoms with E-state index in [4.69, 9.17) is 5.73 Å². The van der Waals surface area contributed by atoms with Gasteiger partial charge in [-0.3, -0.25) is 4.79 Å². The Kier molecular flexibility index (Phi) is 4.47. The third-order valence-electron chi connectivity index (χ3n) is 3.53. The largest absolute Gasteiger partial charge is 0.352 e. The van der Waals surface area contributed by atoms with Gasteiger partial charge in [0.05, 0.1) is 6.42 Å². The van der Waals surface area contributed by atoms with Gasteiger partial charge in [-0.15, -0.1) is 0 Å². The minimum absolute atomic E-state index is 0.0317. The molecule has 1 aromatic carbocycles. The lowest BCUT2D eigenvalue weighted by Gasteiger charge is -2.29. The predicted octanol–water partition coefficient (Wildman–Crippen LogP) is 1.89. The van der Waals surface area contributed by atoms with E-state index in [0.29, 0.717) is 0 Å². The van der Waals surface area contributed by atoms with Crippen molar-refractivity contribution in [2.75, 3.05) is 0 Å². The summed E-state index contributed by atoms with van der Waals surface area (Å²) in [5, 5.41) is 2.83. The fourth-order valence-corrected chi connectivity index (χ4v) is 2.43. The van der Waals surface area contributed by atoms with E-state index in [2.05, 4.69) is 5.32 Å². The number of amides is 1. The Bertz CT molecular complexity index is 465. The number of hydrogen-bond acceptors (Lipinski definition) is 2. The highest BCUT2D eigenvalue weighted by Crippen LogP contribution is 2.17. The van der Waals surface area contributed by atoms with Crippen LogP contribution in [0.3, 0.4) is 0 Å². The maximum absolute atomic E-state index is 13.4. The van der Waals surface area contributed by atoms with Crippen LogP contribution in [0.2, 0.25) is 0 Å². The maximum Gasteiger partial charge on any atom is 0.224 e. The average molecular weight is 268 g/mol. The van der Waals surface area contributed by atoms with E-state index in [0.717, 1.165) is 37.8 Å². The first kappa shape index (κ1) is 13.9. The molecule has 0 radical (unpaired) electrons. The summed E-state index contributed by atoms with van der Waals surface area (Å²) in [6.45, 7) is 0. The molecule has 1 fully saturated rings. The molecule has 1 aliphatic carbocycles. The van der Waals surface area contributed by atoms with Crippen molar-refractivity contribution >= 4 is 5.91 Å². The van der Waals surface area contributed by atoms with Crippen molar-refractivity contribution in [1.82, 2.24) is 5.32 Å². The van der Waals surface area contributed by atoms with Crippen LogP contribution in [0, 0.1) is 11.6 Å². The normalized spacial score (nSPS) is 23.1. The zero-order chi connectivity index (χ0) is 13.8. The van der Waals surface area contributed by atoms with Gasteiger partial charge in [0, 0.05) is 18.2 Å². The van der Waals surface area contributed by atoms with Crippen LogP contribution in [0.1, 0.15) is 31.2 Å². The molecule has 1 saturated carbocycles. The molecule has 3 N–H and O–H groups in total. The van der Waals surface area contributed by atoms with Crippen LogP contribution < -0.4 is 11.1 Å². The Hall–Kier alpha value is -1.49. The first-order valence-corrected chi connectivity index (χ1v) is 6.55. The van der Waals surface area contributed by atoms with Crippen molar-refractivity contribution in [3.05, 3.63) is 35.4 Å². The van der Waals surface area contributed by atoms with Gasteiger partial charge in [0.2, 0.25) is 5.91 Å². The van der Waals surface area contributed by atoms with Gasteiger partial charge in [-0.05, 0) is 24.5 Å². The quantitative estimate of drug-likeness (QED) is 0.879. The number of hydrogen-bond donors (Lipinski definition) is 2. The van der Waals surface area contributed by atoms with Gasteiger partial charge < -0.3 is 11.1 Å². The van der Waals surface area contributed by atoms with E-state index in [1.54, 1.807) is 0 Å². The van der Waals surface area contributed by atoms with Crippen molar-refractivity contribution < 1.29 is 13.6 Å². The summed E-state index contributed by atoms with van der Waals surface area (Å²) in [5.41, 5.74) is 6.13. The highest BCUT2D eigenvalue weighted by molar-refractivity contribution is 5.79. The second kappa shape index (κ2) is 6.10. The lowest BCUT2D eigenvalue weighted by Crippen LogP contribution is -2.49. The molecule has 0 aromatic heterocycles. The summed E-state index contributed by atoms with van der Waals surface area (Å²) >= 11 is 0. The zero-order valence-corrected chi connectivity index (χ0v) is 10.7. The molecule has 0 saturated heterocycles. The minimum atomic E-state index is -0.692. The lowest BCUT2D eigenvalue weighted by molar-refractivity contribution is -0.121.